The van der Waals surface area contributed by atoms with Crippen LogP contribution in [0, 0.1) is 13.8 Å². The number of likely N-dealkylation sites (tertiary alicyclic amines) is 1. The molecule has 0 aliphatic carbocycles. The molecule has 0 unspecified atom stereocenters. The van der Waals surface area contributed by atoms with Crippen LogP contribution in [0.3, 0.4) is 0 Å². The quantitative estimate of drug-likeness (QED) is 0.871. The molecule has 1 atom stereocenters. The zero-order chi connectivity index (χ0) is 17.8. The van der Waals surface area contributed by atoms with Gasteiger partial charge in [-0.05, 0) is 45.2 Å². The van der Waals surface area contributed by atoms with Gasteiger partial charge in [-0.3, -0.25) is 14.6 Å². The molecule has 1 aliphatic heterocycles. The Morgan fingerprint density at radius 2 is 2.24 bits per heavy atom. The second-order valence-electron chi connectivity index (χ2n) is 6.75. The molecule has 0 radical (unpaired) electrons. The summed E-state index contributed by atoms with van der Waals surface area (Å²) in [4.78, 5) is 14.6. The molecule has 136 valence electrons. The SMILES string of the molecule is CCCO[C@@H]1CCCN(C(=O)c2cc(Cn3nc(C)cc3C)[nH]n2)C1. The number of nitrogens with zero attached hydrogens (tertiary/aromatic N) is 4. The number of rotatable bonds is 6. The van der Waals surface area contributed by atoms with Gasteiger partial charge in [-0.1, -0.05) is 6.92 Å². The molecular formula is C18H27N5O2. The molecule has 0 aromatic carbocycles. The molecule has 1 saturated heterocycles. The fourth-order valence-corrected chi connectivity index (χ4v) is 3.25. The lowest BCUT2D eigenvalue weighted by Gasteiger charge is -2.32. The number of amides is 1. The third-order valence-electron chi connectivity index (χ3n) is 4.50. The second kappa shape index (κ2) is 7.82. The van der Waals surface area contributed by atoms with Gasteiger partial charge in [-0.25, -0.2) is 0 Å². The number of aryl methyl sites for hydroxylation is 2. The van der Waals surface area contributed by atoms with Crippen molar-refractivity contribution in [3.05, 3.63) is 34.9 Å². The monoisotopic (exact) mass is 345 g/mol. The van der Waals surface area contributed by atoms with Gasteiger partial charge < -0.3 is 9.64 Å². The average molecular weight is 345 g/mol. The molecule has 1 aliphatic rings. The predicted octanol–water partition coefficient (Wildman–Crippen LogP) is 2.30. The number of aromatic amines is 1. The predicted molar refractivity (Wildman–Crippen MR) is 94.6 cm³/mol. The van der Waals surface area contributed by atoms with E-state index in [1.165, 1.54) is 0 Å². The molecule has 7 nitrogen and oxygen atoms in total. The lowest BCUT2D eigenvalue weighted by atomic mass is 10.1. The molecule has 2 aromatic rings. The summed E-state index contributed by atoms with van der Waals surface area (Å²) in [5, 5.41) is 11.6. The first kappa shape index (κ1) is 17.7. The van der Waals surface area contributed by atoms with Crippen molar-refractivity contribution in [1.82, 2.24) is 24.9 Å². The molecule has 3 rings (SSSR count). The number of piperidine rings is 1. The second-order valence-corrected chi connectivity index (χ2v) is 6.75. The van der Waals surface area contributed by atoms with E-state index in [0.29, 0.717) is 18.8 Å². The van der Waals surface area contributed by atoms with Gasteiger partial charge in [-0.15, -0.1) is 0 Å². The summed E-state index contributed by atoms with van der Waals surface area (Å²) in [6.07, 6.45) is 3.14. The fourth-order valence-electron chi connectivity index (χ4n) is 3.25. The zero-order valence-electron chi connectivity index (χ0n) is 15.3. The first-order chi connectivity index (χ1) is 12.1. The van der Waals surface area contributed by atoms with Crippen molar-refractivity contribution in [2.24, 2.45) is 0 Å². The molecule has 2 aromatic heterocycles. The van der Waals surface area contributed by atoms with Crippen molar-refractivity contribution >= 4 is 5.91 Å². The van der Waals surface area contributed by atoms with Crippen LogP contribution in [0.4, 0.5) is 0 Å². The van der Waals surface area contributed by atoms with Crippen molar-refractivity contribution in [2.75, 3.05) is 19.7 Å². The molecule has 0 bridgehead atoms. The third kappa shape index (κ3) is 4.28. The van der Waals surface area contributed by atoms with Crippen molar-refractivity contribution in [2.45, 2.75) is 52.7 Å². The molecule has 0 spiro atoms. The Morgan fingerprint density at radius 1 is 1.40 bits per heavy atom. The molecule has 1 N–H and O–H groups in total. The minimum atomic E-state index is -0.0272. The van der Waals surface area contributed by atoms with Gasteiger partial charge in [0.15, 0.2) is 0 Å². The maximum absolute atomic E-state index is 12.7. The van der Waals surface area contributed by atoms with E-state index >= 15 is 0 Å². The number of H-pyrrole nitrogens is 1. The zero-order valence-corrected chi connectivity index (χ0v) is 15.3. The van der Waals surface area contributed by atoms with Gasteiger partial charge >= 0.3 is 0 Å². The van der Waals surface area contributed by atoms with E-state index < -0.39 is 0 Å². The molecule has 7 heteroatoms. The number of carbonyl (C=O) groups is 1. The Balaban J connectivity index is 1.63. The van der Waals surface area contributed by atoms with Gasteiger partial charge in [0.25, 0.3) is 5.91 Å². The summed E-state index contributed by atoms with van der Waals surface area (Å²) in [5.74, 6) is -0.0272. The molecule has 25 heavy (non-hydrogen) atoms. The molecule has 1 amide bonds. The van der Waals surface area contributed by atoms with Gasteiger partial charge in [0.2, 0.25) is 0 Å². The van der Waals surface area contributed by atoms with Crippen LogP contribution in [0.1, 0.15) is 53.8 Å². The van der Waals surface area contributed by atoms with Crippen LogP contribution in [0.25, 0.3) is 0 Å². The highest BCUT2D eigenvalue weighted by Gasteiger charge is 2.26. The molecule has 3 heterocycles. The highest BCUT2D eigenvalue weighted by Crippen LogP contribution is 2.16. The van der Waals surface area contributed by atoms with E-state index in [1.807, 2.05) is 35.6 Å². The summed E-state index contributed by atoms with van der Waals surface area (Å²) >= 11 is 0. The maximum Gasteiger partial charge on any atom is 0.274 e. The summed E-state index contributed by atoms with van der Waals surface area (Å²) < 4.78 is 7.72. The molecule has 0 saturated carbocycles. The standard InChI is InChI=1S/C18H27N5O2/c1-4-8-25-16-6-5-7-22(12-16)18(24)17-10-15(19-20-17)11-23-14(3)9-13(2)21-23/h9-10,16H,4-8,11-12H2,1-3H3,(H,19,20)/t16-/m1/s1. The largest absolute Gasteiger partial charge is 0.376 e. The van der Waals surface area contributed by atoms with Crippen LogP contribution in [0.15, 0.2) is 12.1 Å². The Kier molecular flexibility index (Phi) is 5.53. The van der Waals surface area contributed by atoms with Crippen LogP contribution in [-0.2, 0) is 11.3 Å². The first-order valence-corrected chi connectivity index (χ1v) is 9.03. The van der Waals surface area contributed by atoms with Gasteiger partial charge in [0, 0.05) is 25.4 Å². The number of hydrogen-bond acceptors (Lipinski definition) is 4. The van der Waals surface area contributed by atoms with E-state index in [9.17, 15) is 4.79 Å². The summed E-state index contributed by atoms with van der Waals surface area (Å²) in [5.41, 5.74) is 3.42. The third-order valence-corrected chi connectivity index (χ3v) is 4.50. The van der Waals surface area contributed by atoms with Gasteiger partial charge in [0.05, 0.1) is 24.0 Å². The van der Waals surface area contributed by atoms with Crippen molar-refractivity contribution < 1.29 is 9.53 Å². The lowest BCUT2D eigenvalue weighted by molar-refractivity contribution is 0.00192. The van der Waals surface area contributed by atoms with Crippen molar-refractivity contribution in [3.63, 3.8) is 0 Å². The van der Waals surface area contributed by atoms with Crippen LogP contribution >= 0.6 is 0 Å². The number of aromatic nitrogens is 4. The van der Waals surface area contributed by atoms with Gasteiger partial charge in [0.1, 0.15) is 5.69 Å². The Labute approximate surface area is 148 Å². The lowest BCUT2D eigenvalue weighted by Crippen LogP contribution is -2.43. The van der Waals surface area contributed by atoms with E-state index in [2.05, 4.69) is 22.2 Å². The summed E-state index contributed by atoms with van der Waals surface area (Å²) in [6, 6.07) is 3.86. The van der Waals surface area contributed by atoms with Crippen molar-refractivity contribution in [3.8, 4) is 0 Å². The summed E-state index contributed by atoms with van der Waals surface area (Å²) in [6.45, 7) is 8.85. The minimum absolute atomic E-state index is 0.0272. The Hall–Kier alpha value is -2.15. The van der Waals surface area contributed by atoms with Crippen molar-refractivity contribution in [1.29, 1.82) is 0 Å². The van der Waals surface area contributed by atoms with Crippen LogP contribution in [-0.4, -0.2) is 56.6 Å². The highest BCUT2D eigenvalue weighted by atomic mass is 16.5. The Morgan fingerprint density at radius 3 is 2.96 bits per heavy atom. The average Bonchev–Trinajstić information content (AvgIpc) is 3.19. The number of carbonyl (C=O) groups excluding carboxylic acids is 1. The van der Waals surface area contributed by atoms with E-state index in [0.717, 1.165) is 49.5 Å². The molecular weight excluding hydrogens is 318 g/mol. The fraction of sp³-hybridized carbons (Fsp3) is 0.611. The topological polar surface area (TPSA) is 76.0 Å². The van der Waals surface area contributed by atoms with Crippen LogP contribution < -0.4 is 0 Å². The maximum atomic E-state index is 12.7. The summed E-state index contributed by atoms with van der Waals surface area (Å²) in [7, 11) is 0. The number of ether oxygens (including phenoxy) is 1. The normalized spacial score (nSPS) is 17.9. The van der Waals surface area contributed by atoms with E-state index in [4.69, 9.17) is 4.74 Å². The van der Waals surface area contributed by atoms with E-state index in [-0.39, 0.29) is 12.0 Å². The van der Waals surface area contributed by atoms with E-state index in [1.54, 1.807) is 0 Å². The van der Waals surface area contributed by atoms with Crippen LogP contribution in [0.5, 0.6) is 0 Å². The molecule has 1 fully saturated rings. The number of nitrogens with one attached hydrogen (secondary N) is 1. The Bertz CT molecular complexity index is 721. The highest BCUT2D eigenvalue weighted by molar-refractivity contribution is 5.92. The minimum Gasteiger partial charge on any atom is -0.376 e. The van der Waals surface area contributed by atoms with Gasteiger partial charge in [-0.2, -0.15) is 10.2 Å². The smallest absolute Gasteiger partial charge is 0.274 e. The number of hydrogen-bond donors (Lipinski definition) is 1. The van der Waals surface area contributed by atoms with Crippen LogP contribution in [0.2, 0.25) is 0 Å². The first-order valence-electron chi connectivity index (χ1n) is 9.03.